The van der Waals surface area contributed by atoms with Gasteiger partial charge in [-0.2, -0.15) is 18.2 Å². The quantitative estimate of drug-likeness (QED) is 0.688. The number of ether oxygens (including phenoxy) is 1. The van der Waals surface area contributed by atoms with E-state index in [1.807, 2.05) is 23.6 Å². The fourth-order valence-corrected chi connectivity index (χ4v) is 5.90. The normalized spacial score (nSPS) is 35.2. The van der Waals surface area contributed by atoms with Crippen LogP contribution in [0.25, 0.3) is 0 Å². The SMILES string of the molecule is CCN(CC)C(=O)C1[C@H]2CN(C3CC4COCC(C3)N4c3nc(C(F)(F)F)no3)C[C@@H]12. The van der Waals surface area contributed by atoms with Crippen LogP contribution in [-0.4, -0.2) is 83.4 Å². The summed E-state index contributed by atoms with van der Waals surface area (Å²) in [4.78, 5) is 22.5. The first-order valence-electron chi connectivity index (χ1n) is 11.1. The van der Waals surface area contributed by atoms with Gasteiger partial charge < -0.3 is 19.1 Å². The Balaban J connectivity index is 1.23. The van der Waals surface area contributed by atoms with Gasteiger partial charge >= 0.3 is 12.2 Å². The molecule has 31 heavy (non-hydrogen) atoms. The molecule has 1 aromatic heterocycles. The Bertz CT molecular complexity index is 803. The van der Waals surface area contributed by atoms with E-state index in [2.05, 4.69) is 15.0 Å². The Hall–Kier alpha value is -1.88. The minimum absolute atomic E-state index is 0.0711. The van der Waals surface area contributed by atoms with Crippen molar-refractivity contribution in [3.8, 4) is 0 Å². The van der Waals surface area contributed by atoms with Crippen molar-refractivity contribution < 1.29 is 27.2 Å². The number of amides is 1. The molecule has 3 aliphatic heterocycles. The van der Waals surface area contributed by atoms with Gasteiger partial charge in [-0.3, -0.25) is 9.69 Å². The van der Waals surface area contributed by atoms with E-state index in [9.17, 15) is 18.0 Å². The number of morpholine rings is 1. The Labute approximate surface area is 178 Å². The summed E-state index contributed by atoms with van der Waals surface area (Å²) in [7, 11) is 0. The van der Waals surface area contributed by atoms with Crippen LogP contribution in [0, 0.1) is 17.8 Å². The van der Waals surface area contributed by atoms with Gasteiger partial charge in [0.25, 0.3) is 5.82 Å². The number of aromatic nitrogens is 2. The molecule has 5 atom stereocenters. The van der Waals surface area contributed by atoms with Gasteiger partial charge in [-0.25, -0.2) is 0 Å². The van der Waals surface area contributed by atoms with Crippen molar-refractivity contribution in [2.75, 3.05) is 44.3 Å². The zero-order valence-electron chi connectivity index (χ0n) is 17.7. The molecule has 0 spiro atoms. The molecule has 0 N–H and O–H groups in total. The van der Waals surface area contributed by atoms with Gasteiger partial charge in [0.2, 0.25) is 5.91 Å². The second-order valence-electron chi connectivity index (χ2n) is 9.09. The van der Waals surface area contributed by atoms with E-state index < -0.39 is 12.0 Å². The molecule has 4 heterocycles. The van der Waals surface area contributed by atoms with E-state index >= 15 is 0 Å². The topological polar surface area (TPSA) is 74.9 Å². The fourth-order valence-electron chi connectivity index (χ4n) is 5.90. The van der Waals surface area contributed by atoms with Crippen molar-refractivity contribution in [2.24, 2.45) is 17.8 Å². The van der Waals surface area contributed by atoms with Gasteiger partial charge in [-0.1, -0.05) is 0 Å². The molecule has 2 bridgehead atoms. The number of rotatable bonds is 5. The highest BCUT2D eigenvalue weighted by Gasteiger charge is 2.61. The fraction of sp³-hybridized carbons (Fsp3) is 0.850. The maximum Gasteiger partial charge on any atom is 0.455 e. The molecule has 1 aromatic rings. The first kappa shape index (κ1) is 21.0. The lowest BCUT2D eigenvalue weighted by Gasteiger charge is -2.49. The van der Waals surface area contributed by atoms with Crippen LogP contribution in [0.5, 0.6) is 0 Å². The summed E-state index contributed by atoms with van der Waals surface area (Å²) < 4.78 is 49.3. The predicted molar refractivity (Wildman–Crippen MR) is 103 cm³/mol. The van der Waals surface area contributed by atoms with E-state index in [-0.39, 0.29) is 29.9 Å². The minimum atomic E-state index is -4.62. The van der Waals surface area contributed by atoms with E-state index in [0.717, 1.165) is 39.0 Å². The van der Waals surface area contributed by atoms with Crippen LogP contribution in [-0.2, 0) is 15.7 Å². The molecule has 11 heteroatoms. The first-order chi connectivity index (χ1) is 14.8. The summed E-state index contributed by atoms with van der Waals surface area (Å²) in [5, 5.41) is 3.12. The minimum Gasteiger partial charge on any atom is -0.377 e. The Morgan fingerprint density at radius 1 is 1.10 bits per heavy atom. The molecular weight excluding hydrogens is 415 g/mol. The number of piperidine rings is 2. The molecule has 172 valence electrons. The smallest absolute Gasteiger partial charge is 0.377 e. The molecule has 0 radical (unpaired) electrons. The number of nitrogens with zero attached hydrogens (tertiary/aromatic N) is 5. The molecular formula is C20H28F3N5O3. The molecule has 1 saturated carbocycles. The van der Waals surface area contributed by atoms with Crippen molar-refractivity contribution in [1.82, 2.24) is 19.9 Å². The summed E-state index contributed by atoms with van der Waals surface area (Å²) in [6.07, 6.45) is -3.08. The number of anilines is 1. The van der Waals surface area contributed by atoms with Crippen molar-refractivity contribution in [3.63, 3.8) is 0 Å². The number of carbonyl (C=O) groups is 1. The third kappa shape index (κ3) is 3.59. The average Bonchev–Trinajstić information content (AvgIpc) is 3.09. The number of halogens is 3. The highest BCUT2D eigenvalue weighted by atomic mass is 19.4. The molecule has 3 unspecified atom stereocenters. The second kappa shape index (κ2) is 7.61. The van der Waals surface area contributed by atoms with Gasteiger partial charge in [0.05, 0.1) is 25.3 Å². The van der Waals surface area contributed by atoms with Crippen LogP contribution < -0.4 is 4.90 Å². The summed E-state index contributed by atoms with van der Waals surface area (Å²) in [6.45, 7) is 8.24. The lowest BCUT2D eigenvalue weighted by Crippen LogP contribution is -2.61. The van der Waals surface area contributed by atoms with Crippen molar-refractivity contribution in [1.29, 1.82) is 0 Å². The maximum atomic E-state index is 12.9. The van der Waals surface area contributed by atoms with E-state index in [4.69, 9.17) is 9.26 Å². The number of hydrogen-bond donors (Lipinski definition) is 0. The number of fused-ring (bicyclic) bond motifs is 3. The summed E-state index contributed by atoms with van der Waals surface area (Å²) in [6, 6.07) is 0.0727. The van der Waals surface area contributed by atoms with Gasteiger partial charge in [0.1, 0.15) is 0 Å². The zero-order chi connectivity index (χ0) is 21.9. The highest BCUT2D eigenvalue weighted by molar-refractivity contribution is 5.82. The number of hydrogen-bond acceptors (Lipinski definition) is 7. The third-order valence-electron chi connectivity index (χ3n) is 7.48. The highest BCUT2D eigenvalue weighted by Crippen LogP contribution is 2.54. The summed E-state index contributed by atoms with van der Waals surface area (Å²) >= 11 is 0. The molecule has 5 rings (SSSR count). The molecule has 1 amide bonds. The first-order valence-corrected chi connectivity index (χ1v) is 11.1. The molecule has 1 aliphatic carbocycles. The number of likely N-dealkylation sites (tertiary alicyclic amines) is 1. The third-order valence-corrected chi connectivity index (χ3v) is 7.48. The van der Waals surface area contributed by atoms with Crippen molar-refractivity contribution in [3.05, 3.63) is 5.82 Å². The lowest BCUT2D eigenvalue weighted by atomic mass is 9.89. The zero-order valence-corrected chi connectivity index (χ0v) is 17.7. The molecule has 3 saturated heterocycles. The van der Waals surface area contributed by atoms with Crippen molar-refractivity contribution >= 4 is 11.9 Å². The average molecular weight is 443 g/mol. The second-order valence-corrected chi connectivity index (χ2v) is 9.09. The Kier molecular flexibility index (Phi) is 5.16. The van der Waals surface area contributed by atoms with Crippen LogP contribution in [0.3, 0.4) is 0 Å². The summed E-state index contributed by atoms with van der Waals surface area (Å²) in [5.41, 5.74) is 0. The van der Waals surface area contributed by atoms with Crippen LogP contribution in [0.2, 0.25) is 0 Å². The van der Waals surface area contributed by atoms with Crippen LogP contribution in [0.4, 0.5) is 19.2 Å². The number of alkyl halides is 3. The Morgan fingerprint density at radius 3 is 2.23 bits per heavy atom. The summed E-state index contributed by atoms with van der Waals surface area (Å²) in [5.74, 6) is 0.0852. The van der Waals surface area contributed by atoms with Crippen molar-refractivity contribution in [2.45, 2.75) is 51.0 Å². The molecule has 4 fully saturated rings. The molecule has 0 aromatic carbocycles. The van der Waals surface area contributed by atoms with Gasteiger partial charge in [0, 0.05) is 38.1 Å². The largest absolute Gasteiger partial charge is 0.455 e. The molecule has 4 aliphatic rings. The van der Waals surface area contributed by atoms with Gasteiger partial charge in [-0.15, -0.1) is 0 Å². The van der Waals surface area contributed by atoms with E-state index in [1.54, 1.807) is 0 Å². The number of carbonyl (C=O) groups excluding carboxylic acids is 1. The van der Waals surface area contributed by atoms with Crippen LogP contribution in [0.1, 0.15) is 32.5 Å². The van der Waals surface area contributed by atoms with Crippen LogP contribution in [0.15, 0.2) is 4.52 Å². The maximum absolute atomic E-state index is 12.9. The monoisotopic (exact) mass is 443 g/mol. The van der Waals surface area contributed by atoms with E-state index in [1.165, 1.54) is 0 Å². The van der Waals surface area contributed by atoms with E-state index in [0.29, 0.717) is 31.1 Å². The van der Waals surface area contributed by atoms with Gasteiger partial charge in [0.15, 0.2) is 0 Å². The van der Waals surface area contributed by atoms with Crippen LogP contribution >= 0.6 is 0 Å². The standard InChI is InChI=1S/C20H28F3N5O3/c1-3-26(4-2)17(29)16-14-7-27(8-15(14)16)11-5-12-9-30-10-13(6-11)28(12)19-24-18(25-31-19)20(21,22)23/h11-16H,3-10H2,1-2H3/t11?,12?,13?,14-,15+,16?. The van der Waals surface area contributed by atoms with Gasteiger partial charge in [-0.05, 0) is 43.7 Å². The predicted octanol–water partition coefficient (Wildman–Crippen LogP) is 1.87. The Morgan fingerprint density at radius 2 is 1.71 bits per heavy atom. The molecule has 8 nitrogen and oxygen atoms in total. The lowest BCUT2D eigenvalue weighted by molar-refractivity contribution is -0.146.